The van der Waals surface area contributed by atoms with Crippen molar-refractivity contribution in [1.29, 1.82) is 0 Å². The third kappa shape index (κ3) is 2.93. The van der Waals surface area contributed by atoms with Crippen molar-refractivity contribution in [1.82, 2.24) is 0 Å². The number of nitrogens with one attached hydrogen (secondary N) is 1. The fourth-order valence-corrected chi connectivity index (χ4v) is 3.90. The van der Waals surface area contributed by atoms with Crippen LogP contribution in [0.15, 0.2) is 41.3 Å². The molecule has 0 amide bonds. The third-order valence-electron chi connectivity index (χ3n) is 3.01. The van der Waals surface area contributed by atoms with Gasteiger partial charge in [0.15, 0.2) is 0 Å². The molecule has 0 radical (unpaired) electrons. The number of nitrogens with two attached hydrogens (primary N) is 1. The average Bonchev–Trinajstić information content (AvgIpc) is 2.25. The summed E-state index contributed by atoms with van der Waals surface area (Å²) in [6, 6.07) is 10.4. The van der Waals surface area contributed by atoms with Crippen molar-refractivity contribution in [2.24, 2.45) is 0 Å². The fourth-order valence-electron chi connectivity index (χ4n) is 2.40. The zero-order valence-corrected chi connectivity index (χ0v) is 12.6. The van der Waals surface area contributed by atoms with Crippen LogP contribution in [0.2, 0.25) is 0 Å². The van der Waals surface area contributed by atoms with E-state index in [1.54, 1.807) is 38.1 Å². The smallest absolute Gasteiger partial charge is 0.262 e. The second-order valence-electron chi connectivity index (χ2n) is 4.96. The van der Waals surface area contributed by atoms with Crippen LogP contribution in [0.25, 0.3) is 0 Å². The van der Waals surface area contributed by atoms with E-state index in [1.807, 2.05) is 19.1 Å². The lowest BCUT2D eigenvalue weighted by atomic mass is 10.1. The number of sulfonamides is 1. The van der Waals surface area contributed by atoms with Crippen LogP contribution < -0.4 is 10.5 Å². The molecule has 0 spiro atoms. The highest BCUT2D eigenvalue weighted by Gasteiger charge is 2.19. The molecular weight excluding hydrogens is 272 g/mol. The van der Waals surface area contributed by atoms with Crippen molar-refractivity contribution >= 4 is 21.4 Å². The fraction of sp³-hybridized carbons (Fsp3) is 0.200. The molecule has 4 nitrogen and oxygen atoms in total. The summed E-state index contributed by atoms with van der Waals surface area (Å²) in [6.45, 7) is 5.55. The molecule has 3 N–H and O–H groups in total. The maximum Gasteiger partial charge on any atom is 0.262 e. The summed E-state index contributed by atoms with van der Waals surface area (Å²) in [6.07, 6.45) is 0. The Morgan fingerprint density at radius 1 is 1.00 bits per heavy atom. The maximum absolute atomic E-state index is 12.5. The molecule has 0 saturated carbocycles. The second-order valence-corrected chi connectivity index (χ2v) is 6.58. The predicted molar refractivity (Wildman–Crippen MR) is 82.3 cm³/mol. The molecule has 2 aromatic rings. The molecule has 20 heavy (non-hydrogen) atoms. The van der Waals surface area contributed by atoms with Crippen LogP contribution in [0.4, 0.5) is 11.4 Å². The van der Waals surface area contributed by atoms with Crippen LogP contribution in [0.3, 0.4) is 0 Å². The van der Waals surface area contributed by atoms with E-state index in [0.717, 1.165) is 16.7 Å². The van der Waals surface area contributed by atoms with Gasteiger partial charge in [-0.15, -0.1) is 0 Å². The Bertz CT molecular complexity index is 729. The van der Waals surface area contributed by atoms with E-state index in [-0.39, 0.29) is 0 Å². The molecule has 0 aliphatic rings. The van der Waals surface area contributed by atoms with E-state index < -0.39 is 10.0 Å². The van der Waals surface area contributed by atoms with Crippen molar-refractivity contribution < 1.29 is 8.42 Å². The number of aryl methyl sites for hydroxylation is 3. The lowest BCUT2D eigenvalue weighted by Gasteiger charge is -2.14. The molecule has 0 bridgehead atoms. The summed E-state index contributed by atoms with van der Waals surface area (Å²) in [4.78, 5) is 0.325. The zero-order valence-electron chi connectivity index (χ0n) is 11.8. The molecule has 2 rings (SSSR count). The molecule has 0 fully saturated rings. The minimum absolute atomic E-state index is 0.325. The van der Waals surface area contributed by atoms with Crippen molar-refractivity contribution in [3.05, 3.63) is 53.1 Å². The minimum Gasteiger partial charge on any atom is -0.399 e. The van der Waals surface area contributed by atoms with Crippen molar-refractivity contribution in [2.45, 2.75) is 25.7 Å². The first-order chi connectivity index (χ1) is 9.29. The highest BCUT2D eigenvalue weighted by atomic mass is 32.2. The summed E-state index contributed by atoms with van der Waals surface area (Å²) in [5, 5.41) is 0. The van der Waals surface area contributed by atoms with Gasteiger partial charge in [-0.2, -0.15) is 0 Å². The molecule has 2 aromatic carbocycles. The van der Waals surface area contributed by atoms with Crippen LogP contribution in [0.5, 0.6) is 0 Å². The number of benzene rings is 2. The number of anilines is 2. The summed E-state index contributed by atoms with van der Waals surface area (Å²) in [7, 11) is -3.61. The van der Waals surface area contributed by atoms with Gasteiger partial charge in [0.1, 0.15) is 0 Å². The van der Waals surface area contributed by atoms with Crippen LogP contribution in [0, 0.1) is 20.8 Å². The Labute approximate surface area is 119 Å². The van der Waals surface area contributed by atoms with Gasteiger partial charge in [0.2, 0.25) is 0 Å². The molecule has 5 heteroatoms. The first-order valence-corrected chi connectivity index (χ1v) is 7.74. The molecule has 0 aliphatic heterocycles. The number of hydrogen-bond acceptors (Lipinski definition) is 3. The van der Waals surface area contributed by atoms with Gasteiger partial charge in [-0.05, 0) is 50.1 Å². The van der Waals surface area contributed by atoms with E-state index in [1.165, 1.54) is 0 Å². The Hall–Kier alpha value is -2.01. The van der Waals surface area contributed by atoms with Crippen LogP contribution in [0.1, 0.15) is 16.7 Å². The summed E-state index contributed by atoms with van der Waals surface area (Å²) < 4.78 is 27.6. The van der Waals surface area contributed by atoms with Gasteiger partial charge in [-0.1, -0.05) is 23.8 Å². The van der Waals surface area contributed by atoms with Gasteiger partial charge < -0.3 is 5.73 Å². The number of hydrogen-bond donors (Lipinski definition) is 2. The molecule has 0 saturated heterocycles. The summed E-state index contributed by atoms with van der Waals surface area (Å²) >= 11 is 0. The Balaban J connectivity index is 2.46. The van der Waals surface area contributed by atoms with Gasteiger partial charge in [0, 0.05) is 5.69 Å². The van der Waals surface area contributed by atoms with Crippen LogP contribution in [-0.4, -0.2) is 8.42 Å². The topological polar surface area (TPSA) is 72.2 Å². The van der Waals surface area contributed by atoms with Crippen LogP contribution >= 0.6 is 0 Å². The van der Waals surface area contributed by atoms with Gasteiger partial charge in [0.25, 0.3) is 10.0 Å². The quantitative estimate of drug-likeness (QED) is 0.854. The Morgan fingerprint density at radius 2 is 1.60 bits per heavy atom. The third-order valence-corrected chi connectivity index (χ3v) is 4.70. The molecule has 106 valence electrons. The lowest BCUT2D eigenvalue weighted by Crippen LogP contribution is -2.16. The lowest BCUT2D eigenvalue weighted by molar-refractivity contribution is 0.600. The normalized spacial score (nSPS) is 11.3. The minimum atomic E-state index is -3.61. The van der Waals surface area contributed by atoms with Gasteiger partial charge >= 0.3 is 0 Å². The van der Waals surface area contributed by atoms with Crippen molar-refractivity contribution in [2.75, 3.05) is 10.5 Å². The molecular formula is C15H18N2O2S. The second kappa shape index (κ2) is 5.17. The van der Waals surface area contributed by atoms with Crippen molar-refractivity contribution in [3.8, 4) is 0 Å². The Kier molecular flexibility index (Phi) is 3.72. The van der Waals surface area contributed by atoms with Gasteiger partial charge in [-0.25, -0.2) is 8.42 Å². The SMILES string of the molecule is Cc1cc(C)c(S(=O)(=O)Nc2cccc(N)c2)c(C)c1. The van der Waals surface area contributed by atoms with Crippen LogP contribution in [-0.2, 0) is 10.0 Å². The first-order valence-electron chi connectivity index (χ1n) is 6.26. The largest absolute Gasteiger partial charge is 0.399 e. The average molecular weight is 290 g/mol. The van der Waals surface area contributed by atoms with E-state index in [0.29, 0.717) is 16.3 Å². The summed E-state index contributed by atoms with van der Waals surface area (Å²) in [5.74, 6) is 0. The number of rotatable bonds is 3. The van der Waals surface area contributed by atoms with E-state index >= 15 is 0 Å². The standard InChI is InChI=1S/C15H18N2O2S/c1-10-7-11(2)15(12(3)8-10)20(18,19)17-14-6-4-5-13(16)9-14/h4-9,17H,16H2,1-3H3. The molecule has 0 aliphatic carbocycles. The van der Waals surface area contributed by atoms with E-state index in [9.17, 15) is 8.42 Å². The zero-order chi connectivity index (χ0) is 14.9. The first kappa shape index (κ1) is 14.4. The molecule has 0 heterocycles. The van der Waals surface area contributed by atoms with Crippen molar-refractivity contribution in [3.63, 3.8) is 0 Å². The maximum atomic E-state index is 12.5. The molecule has 0 unspecified atom stereocenters. The van der Waals surface area contributed by atoms with E-state index in [2.05, 4.69) is 4.72 Å². The van der Waals surface area contributed by atoms with Gasteiger partial charge in [0.05, 0.1) is 10.6 Å². The Morgan fingerprint density at radius 3 is 2.15 bits per heavy atom. The predicted octanol–water partition coefficient (Wildman–Crippen LogP) is 2.99. The number of nitrogen functional groups attached to an aromatic ring is 1. The van der Waals surface area contributed by atoms with Gasteiger partial charge in [-0.3, -0.25) is 4.72 Å². The highest BCUT2D eigenvalue weighted by Crippen LogP contribution is 2.24. The van der Waals surface area contributed by atoms with E-state index in [4.69, 9.17) is 5.73 Å². The highest BCUT2D eigenvalue weighted by molar-refractivity contribution is 7.92. The monoisotopic (exact) mass is 290 g/mol. The molecule has 0 aromatic heterocycles. The summed E-state index contributed by atoms with van der Waals surface area (Å²) in [5.41, 5.74) is 9.15. The molecule has 0 atom stereocenters.